The van der Waals surface area contributed by atoms with Gasteiger partial charge in [-0.1, -0.05) is 48.5 Å². The summed E-state index contributed by atoms with van der Waals surface area (Å²) in [7, 11) is 0. The van der Waals surface area contributed by atoms with Crippen LogP contribution in [-0.4, -0.2) is 16.2 Å². The van der Waals surface area contributed by atoms with E-state index in [4.69, 9.17) is 4.74 Å². The van der Waals surface area contributed by atoms with E-state index in [2.05, 4.69) is 0 Å². The fourth-order valence-corrected chi connectivity index (χ4v) is 3.25. The van der Waals surface area contributed by atoms with E-state index in [-0.39, 0.29) is 11.5 Å². The minimum atomic E-state index is -1.24. The monoisotopic (exact) mass is 318 g/mol. The molecule has 0 saturated heterocycles. The molecule has 0 saturated carbocycles. The van der Waals surface area contributed by atoms with Gasteiger partial charge in [-0.25, -0.2) is 4.79 Å². The van der Waals surface area contributed by atoms with E-state index in [0.717, 1.165) is 0 Å². The molecule has 1 aliphatic rings. The Morgan fingerprint density at radius 3 is 2.08 bits per heavy atom. The van der Waals surface area contributed by atoms with Gasteiger partial charge >= 0.3 is 5.97 Å². The molecule has 1 atom stereocenters. The van der Waals surface area contributed by atoms with Crippen LogP contribution >= 0.6 is 0 Å². The molecule has 0 aliphatic carbocycles. The maximum absolute atomic E-state index is 12.5. The second kappa shape index (κ2) is 5.13. The van der Waals surface area contributed by atoms with E-state index in [0.29, 0.717) is 22.3 Å². The van der Waals surface area contributed by atoms with E-state index in [1.165, 1.54) is 12.1 Å². The minimum Gasteiger partial charge on any atom is -0.508 e. The molecule has 118 valence electrons. The highest BCUT2D eigenvalue weighted by Crippen LogP contribution is 2.49. The molecule has 4 heteroatoms. The first-order valence-electron chi connectivity index (χ1n) is 7.54. The van der Waals surface area contributed by atoms with Crippen LogP contribution in [0.1, 0.15) is 27.0 Å². The van der Waals surface area contributed by atoms with Gasteiger partial charge in [-0.3, -0.25) is 0 Å². The Labute approximate surface area is 138 Å². The summed E-state index contributed by atoms with van der Waals surface area (Å²) < 4.78 is 5.83. The van der Waals surface area contributed by atoms with Gasteiger partial charge in [-0.15, -0.1) is 0 Å². The molecule has 0 aromatic heterocycles. The zero-order valence-electron chi connectivity index (χ0n) is 12.6. The fourth-order valence-electron chi connectivity index (χ4n) is 3.25. The van der Waals surface area contributed by atoms with Gasteiger partial charge in [0.25, 0.3) is 0 Å². The van der Waals surface area contributed by atoms with Crippen LogP contribution in [0.2, 0.25) is 0 Å². The molecule has 1 heterocycles. The highest BCUT2D eigenvalue weighted by atomic mass is 16.6. The second-order valence-corrected chi connectivity index (χ2v) is 5.68. The smallest absolute Gasteiger partial charge is 0.340 e. The molecule has 0 bridgehead atoms. The van der Waals surface area contributed by atoms with Gasteiger partial charge in [0.2, 0.25) is 0 Å². The Kier molecular flexibility index (Phi) is 3.06. The number of cyclic esters (lactones) is 1. The van der Waals surface area contributed by atoms with E-state index in [1.807, 2.05) is 12.1 Å². The van der Waals surface area contributed by atoms with Crippen LogP contribution in [0.4, 0.5) is 0 Å². The van der Waals surface area contributed by atoms with E-state index < -0.39 is 11.6 Å². The lowest BCUT2D eigenvalue weighted by molar-refractivity contribution is 0.0245. The first kappa shape index (κ1) is 14.3. The third-order valence-electron chi connectivity index (χ3n) is 4.33. The summed E-state index contributed by atoms with van der Waals surface area (Å²) in [5, 5.41) is 20.0. The quantitative estimate of drug-likeness (QED) is 0.709. The Morgan fingerprint density at radius 2 is 1.38 bits per heavy atom. The molecule has 2 N–H and O–H groups in total. The van der Waals surface area contributed by atoms with Crippen molar-refractivity contribution < 1.29 is 19.7 Å². The average Bonchev–Trinajstić information content (AvgIpc) is 2.90. The molecule has 4 nitrogen and oxygen atoms in total. The Bertz CT molecular complexity index is 930. The number of carbonyl (C=O) groups excluding carboxylic acids is 1. The number of benzene rings is 3. The highest BCUT2D eigenvalue weighted by molar-refractivity contribution is 5.96. The van der Waals surface area contributed by atoms with Gasteiger partial charge in [-0.05, 0) is 24.3 Å². The number of phenols is 2. The largest absolute Gasteiger partial charge is 0.508 e. The van der Waals surface area contributed by atoms with Crippen LogP contribution in [0.15, 0.2) is 72.8 Å². The van der Waals surface area contributed by atoms with Gasteiger partial charge < -0.3 is 14.9 Å². The lowest BCUT2D eigenvalue weighted by atomic mass is 9.79. The maximum atomic E-state index is 12.5. The van der Waals surface area contributed by atoms with Crippen LogP contribution in [0.25, 0.3) is 0 Å². The number of carbonyl (C=O) groups is 1. The molecule has 0 radical (unpaired) electrons. The van der Waals surface area contributed by atoms with Crippen molar-refractivity contribution in [1.82, 2.24) is 0 Å². The number of hydrogen-bond donors (Lipinski definition) is 2. The van der Waals surface area contributed by atoms with Crippen LogP contribution < -0.4 is 0 Å². The molecule has 24 heavy (non-hydrogen) atoms. The predicted molar refractivity (Wildman–Crippen MR) is 88.0 cm³/mol. The molecule has 0 fully saturated rings. The Balaban J connectivity index is 2.08. The number of esters is 1. The second-order valence-electron chi connectivity index (χ2n) is 5.68. The Morgan fingerprint density at radius 1 is 0.750 bits per heavy atom. The number of hydrogen-bond acceptors (Lipinski definition) is 4. The predicted octanol–water partition coefficient (Wildman–Crippen LogP) is 3.56. The molecule has 3 aromatic carbocycles. The van der Waals surface area contributed by atoms with Crippen molar-refractivity contribution in [3.05, 3.63) is 95.1 Å². The Hall–Kier alpha value is -3.27. The van der Waals surface area contributed by atoms with Gasteiger partial charge in [0, 0.05) is 16.7 Å². The van der Waals surface area contributed by atoms with Gasteiger partial charge in [-0.2, -0.15) is 0 Å². The van der Waals surface area contributed by atoms with Crippen molar-refractivity contribution in [2.24, 2.45) is 0 Å². The molecular weight excluding hydrogens is 304 g/mol. The van der Waals surface area contributed by atoms with Gasteiger partial charge in [0.05, 0.1) is 5.56 Å². The van der Waals surface area contributed by atoms with Crippen molar-refractivity contribution in [2.45, 2.75) is 5.60 Å². The van der Waals surface area contributed by atoms with Crippen LogP contribution in [0.3, 0.4) is 0 Å². The number of aromatic hydroxyl groups is 2. The standard InChI is InChI=1S/C20H14O4/c21-14-11-9-13(10-12-14)20(17-7-3-4-8-18(17)22)16-6-2-1-5-15(16)19(23)24-20/h1-12,21-22H. The van der Waals surface area contributed by atoms with Gasteiger partial charge in [0.15, 0.2) is 5.60 Å². The zero-order chi connectivity index (χ0) is 16.7. The highest BCUT2D eigenvalue weighted by Gasteiger charge is 2.49. The summed E-state index contributed by atoms with van der Waals surface area (Å²) in [5.74, 6) is -0.291. The lowest BCUT2D eigenvalue weighted by Crippen LogP contribution is -2.29. The van der Waals surface area contributed by atoms with Gasteiger partial charge in [0.1, 0.15) is 11.5 Å². The zero-order valence-corrected chi connectivity index (χ0v) is 12.6. The molecular formula is C20H14O4. The van der Waals surface area contributed by atoms with Crippen molar-refractivity contribution in [3.63, 3.8) is 0 Å². The SMILES string of the molecule is O=C1OC(c2ccc(O)cc2)(c2ccccc2O)c2ccccc21. The molecule has 0 amide bonds. The van der Waals surface area contributed by atoms with E-state index in [1.54, 1.807) is 48.5 Å². The van der Waals surface area contributed by atoms with E-state index >= 15 is 0 Å². The maximum Gasteiger partial charge on any atom is 0.340 e. The van der Waals surface area contributed by atoms with E-state index in [9.17, 15) is 15.0 Å². The first-order valence-corrected chi connectivity index (χ1v) is 7.54. The molecule has 4 rings (SSSR count). The minimum absolute atomic E-state index is 0.0371. The first-order chi connectivity index (χ1) is 11.6. The number of phenolic OH excluding ortho intramolecular Hbond substituents is 2. The molecule has 0 spiro atoms. The van der Waals surface area contributed by atoms with Crippen LogP contribution in [-0.2, 0) is 10.3 Å². The van der Waals surface area contributed by atoms with Crippen molar-refractivity contribution in [2.75, 3.05) is 0 Å². The molecule has 1 unspecified atom stereocenters. The van der Waals surface area contributed by atoms with Crippen molar-refractivity contribution in [3.8, 4) is 11.5 Å². The summed E-state index contributed by atoms with van der Waals surface area (Å²) in [4.78, 5) is 12.5. The molecule has 3 aromatic rings. The molecule has 1 aliphatic heterocycles. The lowest BCUT2D eigenvalue weighted by Gasteiger charge is -2.30. The average molecular weight is 318 g/mol. The summed E-state index contributed by atoms with van der Waals surface area (Å²) >= 11 is 0. The normalized spacial score (nSPS) is 18.9. The number of rotatable bonds is 2. The third kappa shape index (κ3) is 1.90. The topological polar surface area (TPSA) is 66.8 Å². The summed E-state index contributed by atoms with van der Waals surface area (Å²) in [6.45, 7) is 0. The number of fused-ring (bicyclic) bond motifs is 1. The fraction of sp³-hybridized carbons (Fsp3) is 0.0500. The van der Waals surface area contributed by atoms with Crippen LogP contribution in [0, 0.1) is 0 Å². The summed E-state index contributed by atoms with van der Waals surface area (Å²) in [6.07, 6.45) is 0. The van der Waals surface area contributed by atoms with Crippen molar-refractivity contribution in [1.29, 1.82) is 0 Å². The van der Waals surface area contributed by atoms with Crippen LogP contribution in [0.5, 0.6) is 11.5 Å². The summed E-state index contributed by atoms with van der Waals surface area (Å²) in [5.41, 5.74) is 1.03. The van der Waals surface area contributed by atoms with Crippen molar-refractivity contribution >= 4 is 5.97 Å². The summed E-state index contributed by atoms with van der Waals surface area (Å²) in [6, 6.07) is 20.4. The number of ether oxygens (including phenoxy) is 1. The number of para-hydroxylation sites is 1. The third-order valence-corrected chi connectivity index (χ3v) is 4.33.